The lowest BCUT2D eigenvalue weighted by atomic mass is 9.88. The molecule has 0 spiro atoms. The Hall–Kier alpha value is -0.900. The smallest absolute Gasteiger partial charge is 0.255 e. The standard InChI is InChI=1S/C11H16N2O2/c1-6(14)11-12-10(13-15-11)9-5-7-2-3-8(9)4-7/h6-9,14H,2-5H2,1H3. The number of rotatable bonds is 2. The largest absolute Gasteiger partial charge is 0.384 e. The third kappa shape index (κ3) is 1.47. The first-order valence-corrected chi connectivity index (χ1v) is 5.75. The molecule has 0 amide bonds. The fraction of sp³-hybridized carbons (Fsp3) is 0.818. The Kier molecular flexibility index (Phi) is 2.06. The molecule has 3 rings (SSSR count). The molecule has 1 aromatic rings. The SMILES string of the molecule is CC(O)c1nc(C2CC3CCC2C3)no1. The molecule has 0 saturated heterocycles. The summed E-state index contributed by atoms with van der Waals surface area (Å²) < 4.78 is 5.04. The molecule has 1 N–H and O–H groups in total. The highest BCUT2D eigenvalue weighted by atomic mass is 16.5. The lowest BCUT2D eigenvalue weighted by Crippen LogP contribution is -2.10. The number of aliphatic hydroxyl groups excluding tert-OH is 1. The summed E-state index contributed by atoms with van der Waals surface area (Å²) in [6, 6.07) is 0. The van der Waals surface area contributed by atoms with Crippen LogP contribution in [0.1, 0.15) is 56.3 Å². The van der Waals surface area contributed by atoms with Crippen molar-refractivity contribution < 1.29 is 9.63 Å². The van der Waals surface area contributed by atoms with Crippen LogP contribution in [0, 0.1) is 11.8 Å². The minimum atomic E-state index is -0.648. The lowest BCUT2D eigenvalue weighted by Gasteiger charge is -2.17. The van der Waals surface area contributed by atoms with Crippen LogP contribution in [0.3, 0.4) is 0 Å². The minimum Gasteiger partial charge on any atom is -0.384 e. The highest BCUT2D eigenvalue weighted by molar-refractivity contribution is 5.06. The van der Waals surface area contributed by atoms with Gasteiger partial charge in [-0.05, 0) is 38.0 Å². The second-order valence-electron chi connectivity index (χ2n) is 4.95. The van der Waals surface area contributed by atoms with E-state index in [4.69, 9.17) is 4.52 Å². The van der Waals surface area contributed by atoms with Crippen molar-refractivity contribution in [1.82, 2.24) is 10.1 Å². The first-order valence-electron chi connectivity index (χ1n) is 5.75. The van der Waals surface area contributed by atoms with Gasteiger partial charge in [0.05, 0.1) is 0 Å². The molecule has 1 heterocycles. The summed E-state index contributed by atoms with van der Waals surface area (Å²) in [6.45, 7) is 1.65. The number of fused-ring (bicyclic) bond motifs is 2. The van der Waals surface area contributed by atoms with Crippen LogP contribution < -0.4 is 0 Å². The van der Waals surface area contributed by atoms with Crippen molar-refractivity contribution in [3.05, 3.63) is 11.7 Å². The first kappa shape index (κ1) is 9.33. The van der Waals surface area contributed by atoms with E-state index in [2.05, 4.69) is 10.1 Å². The van der Waals surface area contributed by atoms with Crippen molar-refractivity contribution in [3.8, 4) is 0 Å². The fourth-order valence-electron chi connectivity index (χ4n) is 3.13. The molecule has 1 aromatic heterocycles. The first-order chi connectivity index (χ1) is 7.24. The topological polar surface area (TPSA) is 59.2 Å². The van der Waals surface area contributed by atoms with E-state index in [0.717, 1.165) is 17.7 Å². The van der Waals surface area contributed by atoms with Crippen LogP contribution in [0.2, 0.25) is 0 Å². The van der Waals surface area contributed by atoms with Crippen LogP contribution >= 0.6 is 0 Å². The highest BCUT2D eigenvalue weighted by Gasteiger charge is 2.42. The summed E-state index contributed by atoms with van der Waals surface area (Å²) in [7, 11) is 0. The van der Waals surface area contributed by atoms with E-state index < -0.39 is 6.10 Å². The molecule has 2 saturated carbocycles. The van der Waals surface area contributed by atoms with E-state index in [1.807, 2.05) is 0 Å². The van der Waals surface area contributed by atoms with Crippen molar-refractivity contribution >= 4 is 0 Å². The van der Waals surface area contributed by atoms with Gasteiger partial charge in [-0.1, -0.05) is 11.6 Å². The molecule has 2 bridgehead atoms. The summed E-state index contributed by atoms with van der Waals surface area (Å²) in [5.41, 5.74) is 0. The molecule has 4 atom stereocenters. The van der Waals surface area contributed by atoms with Crippen LogP contribution in [0.15, 0.2) is 4.52 Å². The van der Waals surface area contributed by atoms with E-state index in [-0.39, 0.29) is 0 Å². The van der Waals surface area contributed by atoms with Gasteiger partial charge in [0.1, 0.15) is 6.10 Å². The number of aliphatic hydroxyl groups is 1. The summed E-state index contributed by atoms with van der Waals surface area (Å²) in [6.07, 6.45) is 4.59. The predicted molar refractivity (Wildman–Crippen MR) is 53.1 cm³/mol. The third-order valence-corrected chi connectivity index (χ3v) is 3.88. The summed E-state index contributed by atoms with van der Waals surface area (Å²) >= 11 is 0. The monoisotopic (exact) mass is 208 g/mol. The van der Waals surface area contributed by atoms with Gasteiger partial charge in [0.2, 0.25) is 0 Å². The van der Waals surface area contributed by atoms with E-state index in [0.29, 0.717) is 11.8 Å². The minimum absolute atomic E-state index is 0.354. The van der Waals surface area contributed by atoms with Gasteiger partial charge in [-0.15, -0.1) is 0 Å². The molecule has 2 aliphatic rings. The second kappa shape index (κ2) is 3.30. The van der Waals surface area contributed by atoms with Crippen LogP contribution in [0.5, 0.6) is 0 Å². The average Bonchev–Trinajstić information content (AvgIpc) is 2.93. The third-order valence-electron chi connectivity index (χ3n) is 3.88. The van der Waals surface area contributed by atoms with Gasteiger partial charge in [-0.2, -0.15) is 4.98 Å². The van der Waals surface area contributed by atoms with Gasteiger partial charge >= 0.3 is 0 Å². The predicted octanol–water partition coefficient (Wildman–Crippen LogP) is 2.03. The van der Waals surface area contributed by atoms with Crippen molar-refractivity contribution in [2.75, 3.05) is 0 Å². The molecule has 0 radical (unpaired) electrons. The van der Waals surface area contributed by atoms with Gasteiger partial charge in [0.25, 0.3) is 5.89 Å². The van der Waals surface area contributed by atoms with E-state index in [1.165, 1.54) is 25.7 Å². The Labute approximate surface area is 88.7 Å². The summed E-state index contributed by atoms with van der Waals surface area (Å²) in [5.74, 6) is 3.30. The van der Waals surface area contributed by atoms with Crippen molar-refractivity contribution in [1.29, 1.82) is 0 Å². The summed E-state index contributed by atoms with van der Waals surface area (Å²) in [4.78, 5) is 4.28. The van der Waals surface area contributed by atoms with Gasteiger partial charge in [0.15, 0.2) is 5.82 Å². The van der Waals surface area contributed by atoms with Crippen molar-refractivity contribution in [3.63, 3.8) is 0 Å². The molecule has 15 heavy (non-hydrogen) atoms. The lowest BCUT2D eigenvalue weighted by molar-refractivity contribution is 0.151. The fourth-order valence-corrected chi connectivity index (χ4v) is 3.13. The zero-order chi connectivity index (χ0) is 10.4. The van der Waals surface area contributed by atoms with Gasteiger partial charge < -0.3 is 9.63 Å². The number of hydrogen-bond donors (Lipinski definition) is 1. The van der Waals surface area contributed by atoms with Crippen LogP contribution in [-0.4, -0.2) is 15.2 Å². The van der Waals surface area contributed by atoms with Crippen molar-refractivity contribution in [2.24, 2.45) is 11.8 Å². The van der Waals surface area contributed by atoms with E-state index in [1.54, 1.807) is 6.92 Å². The maximum absolute atomic E-state index is 9.32. The van der Waals surface area contributed by atoms with Crippen LogP contribution in [-0.2, 0) is 0 Å². The molecular formula is C11H16N2O2. The average molecular weight is 208 g/mol. The second-order valence-corrected chi connectivity index (χ2v) is 4.95. The molecule has 4 unspecified atom stereocenters. The molecular weight excluding hydrogens is 192 g/mol. The molecule has 4 heteroatoms. The summed E-state index contributed by atoms with van der Waals surface area (Å²) in [5, 5.41) is 13.3. The molecule has 0 aromatic carbocycles. The Morgan fingerprint density at radius 2 is 2.27 bits per heavy atom. The maximum atomic E-state index is 9.32. The Balaban J connectivity index is 1.81. The molecule has 82 valence electrons. The molecule has 0 aliphatic heterocycles. The quantitative estimate of drug-likeness (QED) is 0.807. The van der Waals surface area contributed by atoms with Crippen LogP contribution in [0.4, 0.5) is 0 Å². The van der Waals surface area contributed by atoms with E-state index >= 15 is 0 Å². The van der Waals surface area contributed by atoms with Gasteiger partial charge in [0, 0.05) is 5.92 Å². The number of aromatic nitrogens is 2. The Bertz CT molecular complexity index is 361. The van der Waals surface area contributed by atoms with Gasteiger partial charge in [-0.25, -0.2) is 0 Å². The van der Waals surface area contributed by atoms with Crippen LogP contribution in [0.25, 0.3) is 0 Å². The number of nitrogens with zero attached hydrogens (tertiary/aromatic N) is 2. The number of hydrogen-bond acceptors (Lipinski definition) is 4. The normalized spacial score (nSPS) is 36.0. The highest BCUT2D eigenvalue weighted by Crippen LogP contribution is 2.52. The maximum Gasteiger partial charge on any atom is 0.255 e. The molecule has 4 nitrogen and oxygen atoms in total. The Morgan fingerprint density at radius 1 is 1.40 bits per heavy atom. The zero-order valence-electron chi connectivity index (χ0n) is 8.89. The molecule has 2 fully saturated rings. The van der Waals surface area contributed by atoms with Crippen molar-refractivity contribution in [2.45, 2.75) is 44.6 Å². The molecule has 2 aliphatic carbocycles. The van der Waals surface area contributed by atoms with E-state index in [9.17, 15) is 5.11 Å². The van der Waals surface area contributed by atoms with Gasteiger partial charge in [-0.3, -0.25) is 0 Å². The zero-order valence-corrected chi connectivity index (χ0v) is 8.89. The Morgan fingerprint density at radius 3 is 2.80 bits per heavy atom.